The largest absolute Gasteiger partial charge is 0.362 e. The molecule has 68 valence electrons. The highest BCUT2D eigenvalue weighted by Crippen LogP contribution is 1.89. The molecule has 0 aromatic carbocycles. The minimum absolute atomic E-state index is 0.588. The number of rotatable bonds is 8. The fraction of sp³-hybridized carbons (Fsp3) is 0.400. The van der Waals surface area contributed by atoms with Gasteiger partial charge in [-0.15, -0.1) is 19.7 Å². The fourth-order valence-electron chi connectivity index (χ4n) is 0.810. The molecular formula is C10H17NO. The third kappa shape index (κ3) is 5.89. The first-order valence-corrected chi connectivity index (χ1v) is 3.98. The summed E-state index contributed by atoms with van der Waals surface area (Å²) in [6.07, 6.45) is 5.43. The van der Waals surface area contributed by atoms with Gasteiger partial charge < -0.3 is 4.74 Å². The van der Waals surface area contributed by atoms with Crippen molar-refractivity contribution in [1.82, 2.24) is 4.90 Å². The Labute approximate surface area is 74.8 Å². The van der Waals surface area contributed by atoms with Crippen molar-refractivity contribution in [2.24, 2.45) is 0 Å². The van der Waals surface area contributed by atoms with Gasteiger partial charge in [0.05, 0.1) is 13.3 Å². The average molecular weight is 167 g/mol. The van der Waals surface area contributed by atoms with Gasteiger partial charge in [-0.3, -0.25) is 4.90 Å². The van der Waals surface area contributed by atoms with Crippen LogP contribution in [0.5, 0.6) is 0 Å². The van der Waals surface area contributed by atoms with Crippen LogP contribution in [0.4, 0.5) is 0 Å². The monoisotopic (exact) mass is 167 g/mol. The highest BCUT2D eigenvalue weighted by atomic mass is 16.5. The van der Waals surface area contributed by atoms with Gasteiger partial charge in [-0.25, -0.2) is 0 Å². The van der Waals surface area contributed by atoms with Crippen molar-refractivity contribution in [3.63, 3.8) is 0 Å². The van der Waals surface area contributed by atoms with Gasteiger partial charge in [-0.1, -0.05) is 18.2 Å². The second-order valence-corrected chi connectivity index (χ2v) is 2.40. The molecule has 0 heterocycles. The molecule has 0 atom stereocenters. The van der Waals surface area contributed by atoms with Gasteiger partial charge in [0.1, 0.15) is 0 Å². The second-order valence-electron chi connectivity index (χ2n) is 2.40. The van der Waals surface area contributed by atoms with Crippen LogP contribution in [0.15, 0.2) is 38.0 Å². The molecule has 12 heavy (non-hydrogen) atoms. The third-order valence-corrected chi connectivity index (χ3v) is 1.28. The summed E-state index contributed by atoms with van der Waals surface area (Å²) >= 11 is 0. The lowest BCUT2D eigenvalue weighted by Crippen LogP contribution is -2.26. The zero-order valence-electron chi connectivity index (χ0n) is 7.54. The first kappa shape index (κ1) is 11.1. The topological polar surface area (TPSA) is 12.5 Å². The molecule has 2 heteroatoms. The molecule has 0 spiro atoms. The van der Waals surface area contributed by atoms with E-state index >= 15 is 0 Å². The van der Waals surface area contributed by atoms with Gasteiger partial charge in [0.2, 0.25) is 0 Å². The molecule has 0 unspecified atom stereocenters. The predicted molar refractivity (Wildman–Crippen MR) is 53.0 cm³/mol. The van der Waals surface area contributed by atoms with Crippen molar-refractivity contribution < 1.29 is 4.74 Å². The molecule has 0 saturated carbocycles. The van der Waals surface area contributed by atoms with Gasteiger partial charge in [-0.05, 0) is 0 Å². The maximum absolute atomic E-state index is 5.26. The van der Waals surface area contributed by atoms with Gasteiger partial charge in [-0.2, -0.15) is 0 Å². The fourth-order valence-corrected chi connectivity index (χ4v) is 0.810. The van der Waals surface area contributed by atoms with E-state index in [1.807, 2.05) is 12.2 Å². The van der Waals surface area contributed by atoms with Gasteiger partial charge >= 0.3 is 0 Å². The Morgan fingerprint density at radius 3 is 2.00 bits per heavy atom. The van der Waals surface area contributed by atoms with Gasteiger partial charge in [0, 0.05) is 13.1 Å². The van der Waals surface area contributed by atoms with Crippen molar-refractivity contribution >= 4 is 0 Å². The van der Waals surface area contributed by atoms with Crippen LogP contribution < -0.4 is 0 Å². The molecule has 0 saturated heterocycles. The van der Waals surface area contributed by atoms with Gasteiger partial charge in [0.25, 0.3) is 0 Å². The molecule has 0 aliphatic heterocycles. The summed E-state index contributed by atoms with van der Waals surface area (Å²) in [5, 5.41) is 0. The van der Waals surface area contributed by atoms with E-state index < -0.39 is 0 Å². The quantitative estimate of drug-likeness (QED) is 0.310. The molecule has 0 bridgehead atoms. The maximum atomic E-state index is 5.26. The van der Waals surface area contributed by atoms with E-state index in [-0.39, 0.29) is 0 Å². The van der Waals surface area contributed by atoms with Crippen LogP contribution in [-0.2, 0) is 4.74 Å². The average Bonchev–Trinajstić information content (AvgIpc) is 2.06. The van der Waals surface area contributed by atoms with Crippen LogP contribution in [0.3, 0.4) is 0 Å². The van der Waals surface area contributed by atoms with Crippen molar-refractivity contribution in [3.05, 3.63) is 38.0 Å². The van der Waals surface area contributed by atoms with E-state index in [9.17, 15) is 0 Å². The minimum Gasteiger partial charge on any atom is -0.362 e. The Hall–Kier alpha value is -0.860. The molecule has 0 N–H and O–H groups in total. The lowest BCUT2D eigenvalue weighted by Gasteiger charge is -2.17. The molecule has 0 fully saturated rings. The third-order valence-electron chi connectivity index (χ3n) is 1.28. The number of nitrogens with zero attached hydrogens (tertiary/aromatic N) is 1. The van der Waals surface area contributed by atoms with Crippen molar-refractivity contribution in [2.45, 2.75) is 0 Å². The van der Waals surface area contributed by atoms with Crippen LogP contribution in [0.1, 0.15) is 0 Å². The standard InChI is InChI=1S/C10H17NO/c1-4-7-11(8-5-2)10-12-9-6-3/h4-6H,1-3,7-10H2. The van der Waals surface area contributed by atoms with E-state index in [0.29, 0.717) is 13.3 Å². The highest BCUT2D eigenvalue weighted by molar-refractivity contribution is 4.78. The molecule has 0 amide bonds. The second kappa shape index (κ2) is 8.24. The minimum atomic E-state index is 0.588. The first-order valence-electron chi connectivity index (χ1n) is 3.98. The Kier molecular flexibility index (Phi) is 7.65. The Balaban J connectivity index is 3.53. The van der Waals surface area contributed by atoms with Crippen LogP contribution >= 0.6 is 0 Å². The van der Waals surface area contributed by atoms with Crippen LogP contribution in [0, 0.1) is 0 Å². The van der Waals surface area contributed by atoms with E-state index in [0.717, 1.165) is 13.1 Å². The van der Waals surface area contributed by atoms with E-state index in [4.69, 9.17) is 4.74 Å². The predicted octanol–water partition coefficient (Wildman–Crippen LogP) is 1.82. The van der Waals surface area contributed by atoms with Crippen molar-refractivity contribution in [3.8, 4) is 0 Å². The molecule has 0 aromatic heterocycles. The molecule has 0 aromatic rings. The van der Waals surface area contributed by atoms with Crippen molar-refractivity contribution in [2.75, 3.05) is 26.4 Å². The van der Waals surface area contributed by atoms with E-state index in [1.165, 1.54) is 0 Å². The summed E-state index contributed by atoms with van der Waals surface area (Å²) in [6, 6.07) is 0. The highest BCUT2D eigenvalue weighted by Gasteiger charge is 1.97. The summed E-state index contributed by atoms with van der Waals surface area (Å²) < 4.78 is 5.26. The number of ether oxygens (including phenoxy) is 1. The molecule has 0 radical (unpaired) electrons. The normalized spacial score (nSPS) is 9.75. The zero-order valence-corrected chi connectivity index (χ0v) is 7.54. The van der Waals surface area contributed by atoms with Gasteiger partial charge in [0.15, 0.2) is 0 Å². The molecular weight excluding hydrogens is 150 g/mol. The number of hydrogen-bond donors (Lipinski definition) is 0. The molecule has 0 aliphatic rings. The summed E-state index contributed by atoms with van der Waals surface area (Å²) in [4.78, 5) is 2.09. The van der Waals surface area contributed by atoms with Crippen molar-refractivity contribution in [1.29, 1.82) is 0 Å². The summed E-state index contributed by atoms with van der Waals surface area (Å²) in [5.74, 6) is 0. The molecule has 2 nitrogen and oxygen atoms in total. The Morgan fingerprint density at radius 2 is 1.58 bits per heavy atom. The van der Waals surface area contributed by atoms with Crippen LogP contribution in [0.2, 0.25) is 0 Å². The molecule has 0 rings (SSSR count). The SMILES string of the molecule is C=CCOCN(CC=C)CC=C. The lowest BCUT2D eigenvalue weighted by molar-refractivity contribution is 0.0580. The van der Waals surface area contributed by atoms with E-state index in [2.05, 4.69) is 24.6 Å². The maximum Gasteiger partial charge on any atom is 0.0999 e. The summed E-state index contributed by atoms with van der Waals surface area (Å²) in [6.45, 7) is 13.7. The van der Waals surface area contributed by atoms with Crippen LogP contribution in [0.25, 0.3) is 0 Å². The summed E-state index contributed by atoms with van der Waals surface area (Å²) in [7, 11) is 0. The summed E-state index contributed by atoms with van der Waals surface area (Å²) in [5.41, 5.74) is 0. The van der Waals surface area contributed by atoms with Crippen LogP contribution in [-0.4, -0.2) is 31.3 Å². The Bertz CT molecular complexity index is 133. The number of hydrogen-bond acceptors (Lipinski definition) is 2. The van der Waals surface area contributed by atoms with E-state index in [1.54, 1.807) is 6.08 Å². The smallest absolute Gasteiger partial charge is 0.0999 e. The molecule has 0 aliphatic carbocycles. The zero-order chi connectivity index (χ0) is 9.23. The lowest BCUT2D eigenvalue weighted by atomic mass is 10.5. The Morgan fingerprint density at radius 1 is 1.00 bits per heavy atom. The first-order chi connectivity index (χ1) is 5.85.